The van der Waals surface area contributed by atoms with Gasteiger partial charge in [0.15, 0.2) is 0 Å². The third-order valence-electron chi connectivity index (χ3n) is 3.14. The fraction of sp³-hybridized carbons (Fsp3) is 0.357. The van der Waals surface area contributed by atoms with Crippen LogP contribution in [0.25, 0.3) is 0 Å². The third kappa shape index (κ3) is 3.99. The van der Waals surface area contributed by atoms with Gasteiger partial charge in [0.1, 0.15) is 12.4 Å². The van der Waals surface area contributed by atoms with E-state index in [1.165, 1.54) is 0 Å². The molecule has 0 spiro atoms. The first kappa shape index (κ1) is 15.4. The molecule has 0 saturated carbocycles. The minimum Gasteiger partial charge on any atom is -0.492 e. The number of rotatable bonds is 7. The fourth-order valence-electron chi connectivity index (χ4n) is 2.06. The molecule has 6 nitrogen and oxygen atoms in total. The van der Waals surface area contributed by atoms with Crippen LogP contribution >= 0.6 is 0 Å². The molecule has 112 valence electrons. The van der Waals surface area contributed by atoms with E-state index in [-0.39, 0.29) is 5.69 Å². The van der Waals surface area contributed by atoms with E-state index >= 15 is 0 Å². The maximum Gasteiger partial charge on any atom is 0.488 e. The summed E-state index contributed by atoms with van der Waals surface area (Å²) >= 11 is 0. The predicted octanol–water partition coefficient (Wildman–Crippen LogP) is -0.181. The molecule has 2 aromatic rings. The molecular weight excluding hydrogens is 271 g/mol. The Balaban J connectivity index is 1.92. The monoisotopic (exact) mass is 290 g/mol. The van der Waals surface area contributed by atoms with Crippen molar-refractivity contribution < 1.29 is 14.8 Å². The predicted molar refractivity (Wildman–Crippen MR) is 80.7 cm³/mol. The molecule has 1 heterocycles. The van der Waals surface area contributed by atoms with Crippen molar-refractivity contribution in [1.29, 1.82) is 0 Å². The van der Waals surface area contributed by atoms with Crippen molar-refractivity contribution in [2.75, 3.05) is 6.61 Å². The molecule has 0 amide bonds. The number of hydrogen-bond acceptors (Lipinski definition) is 4. The largest absolute Gasteiger partial charge is 0.492 e. The average Bonchev–Trinajstić information content (AvgIpc) is 2.81. The van der Waals surface area contributed by atoms with Gasteiger partial charge in [0, 0.05) is 18.9 Å². The Kier molecular flexibility index (Phi) is 5.24. The first-order valence-electron chi connectivity index (χ1n) is 6.96. The lowest BCUT2D eigenvalue weighted by Crippen LogP contribution is -2.29. The summed E-state index contributed by atoms with van der Waals surface area (Å²) in [7, 11) is -1.51. The summed E-state index contributed by atoms with van der Waals surface area (Å²) in [5, 5.41) is 18.2. The topological polar surface area (TPSA) is 76.6 Å². The first-order valence-corrected chi connectivity index (χ1v) is 6.96. The fourth-order valence-corrected chi connectivity index (χ4v) is 2.06. The molecule has 0 aliphatic carbocycles. The van der Waals surface area contributed by atoms with Crippen LogP contribution in [0.1, 0.15) is 13.3 Å². The molecular formula is C14H19BN2O4. The number of aromatic nitrogens is 2. The van der Waals surface area contributed by atoms with Crippen molar-refractivity contribution in [2.24, 2.45) is 0 Å². The zero-order valence-corrected chi connectivity index (χ0v) is 12.0. The molecule has 1 aromatic carbocycles. The van der Waals surface area contributed by atoms with Gasteiger partial charge in [0.25, 0.3) is 0 Å². The second-order valence-electron chi connectivity index (χ2n) is 4.76. The second kappa shape index (κ2) is 7.15. The highest BCUT2D eigenvalue weighted by atomic mass is 16.5. The SMILES string of the molecule is CCCn1ccn(CCOc2cccc(B(O)O)c2)c1=O. The van der Waals surface area contributed by atoms with E-state index in [1.807, 2.05) is 6.92 Å². The Morgan fingerprint density at radius 3 is 2.57 bits per heavy atom. The van der Waals surface area contributed by atoms with Gasteiger partial charge < -0.3 is 14.8 Å². The summed E-state index contributed by atoms with van der Waals surface area (Å²) in [4.78, 5) is 11.9. The molecule has 2 N–H and O–H groups in total. The molecule has 0 aliphatic heterocycles. The summed E-state index contributed by atoms with van der Waals surface area (Å²) in [5.74, 6) is 0.543. The minimum absolute atomic E-state index is 0.0417. The summed E-state index contributed by atoms with van der Waals surface area (Å²) < 4.78 is 8.80. The van der Waals surface area contributed by atoms with Crippen LogP contribution in [0.4, 0.5) is 0 Å². The van der Waals surface area contributed by atoms with E-state index in [4.69, 9.17) is 14.8 Å². The van der Waals surface area contributed by atoms with E-state index in [1.54, 1.807) is 45.8 Å². The zero-order chi connectivity index (χ0) is 15.2. The van der Waals surface area contributed by atoms with Gasteiger partial charge in [-0.1, -0.05) is 19.1 Å². The van der Waals surface area contributed by atoms with E-state index < -0.39 is 7.12 Å². The zero-order valence-electron chi connectivity index (χ0n) is 12.0. The molecule has 7 heteroatoms. The number of aryl methyl sites for hydroxylation is 1. The standard InChI is InChI=1S/C14H19BN2O4/c1-2-6-16-7-8-17(14(16)18)9-10-21-13-5-3-4-12(11-13)15(19)20/h3-5,7-8,11,19-20H,2,6,9-10H2,1H3. The lowest BCUT2D eigenvalue weighted by Gasteiger charge is -2.08. The maximum atomic E-state index is 11.9. The molecule has 0 saturated heterocycles. The van der Waals surface area contributed by atoms with E-state index in [0.29, 0.717) is 30.9 Å². The summed E-state index contributed by atoms with van der Waals surface area (Å²) in [6, 6.07) is 6.59. The number of nitrogens with zero attached hydrogens (tertiary/aromatic N) is 2. The first-order chi connectivity index (χ1) is 10.1. The smallest absolute Gasteiger partial charge is 0.488 e. The van der Waals surface area contributed by atoms with E-state index in [0.717, 1.165) is 6.42 Å². The van der Waals surface area contributed by atoms with Gasteiger partial charge in [-0.2, -0.15) is 0 Å². The summed E-state index contributed by atoms with van der Waals surface area (Å²) in [6.45, 7) is 3.51. The lowest BCUT2D eigenvalue weighted by molar-refractivity contribution is 0.296. The maximum absolute atomic E-state index is 11.9. The lowest BCUT2D eigenvalue weighted by atomic mass is 9.80. The van der Waals surface area contributed by atoms with Crippen LogP contribution in [0.2, 0.25) is 0 Å². The van der Waals surface area contributed by atoms with E-state index in [9.17, 15) is 4.79 Å². The van der Waals surface area contributed by atoms with Gasteiger partial charge >= 0.3 is 12.8 Å². The minimum atomic E-state index is -1.51. The van der Waals surface area contributed by atoms with Gasteiger partial charge in [-0.15, -0.1) is 0 Å². The normalized spacial score (nSPS) is 10.6. The Morgan fingerprint density at radius 1 is 1.19 bits per heavy atom. The highest BCUT2D eigenvalue weighted by Crippen LogP contribution is 2.07. The van der Waals surface area contributed by atoms with Crippen LogP contribution < -0.4 is 15.9 Å². The van der Waals surface area contributed by atoms with Gasteiger partial charge in [-0.25, -0.2) is 4.79 Å². The highest BCUT2D eigenvalue weighted by molar-refractivity contribution is 6.58. The average molecular weight is 290 g/mol. The Hall–Kier alpha value is -1.99. The molecule has 1 aromatic heterocycles. The number of imidazole rings is 1. The van der Waals surface area contributed by atoms with Crippen molar-refractivity contribution in [3.63, 3.8) is 0 Å². The van der Waals surface area contributed by atoms with Crippen LogP contribution in [0.5, 0.6) is 5.75 Å². The van der Waals surface area contributed by atoms with Gasteiger partial charge in [-0.3, -0.25) is 9.13 Å². The van der Waals surface area contributed by atoms with Gasteiger partial charge in [-0.05, 0) is 24.0 Å². The van der Waals surface area contributed by atoms with Crippen LogP contribution in [0.3, 0.4) is 0 Å². The number of benzene rings is 1. The quantitative estimate of drug-likeness (QED) is 0.694. The van der Waals surface area contributed by atoms with Crippen molar-refractivity contribution in [2.45, 2.75) is 26.4 Å². The Bertz CT molecular complexity index is 636. The molecule has 0 unspecified atom stereocenters. The Labute approximate surface area is 123 Å². The van der Waals surface area contributed by atoms with Gasteiger partial charge in [0.05, 0.1) is 6.54 Å². The van der Waals surface area contributed by atoms with Crippen molar-refractivity contribution >= 4 is 12.6 Å². The van der Waals surface area contributed by atoms with Crippen molar-refractivity contribution in [1.82, 2.24) is 9.13 Å². The van der Waals surface area contributed by atoms with Crippen LogP contribution in [0, 0.1) is 0 Å². The number of ether oxygens (including phenoxy) is 1. The van der Waals surface area contributed by atoms with Crippen molar-refractivity contribution in [3.05, 3.63) is 47.1 Å². The number of hydrogen-bond donors (Lipinski definition) is 2. The molecule has 0 bridgehead atoms. The van der Waals surface area contributed by atoms with Gasteiger partial charge in [0.2, 0.25) is 0 Å². The summed E-state index contributed by atoms with van der Waals surface area (Å²) in [5.41, 5.74) is 0.332. The van der Waals surface area contributed by atoms with Crippen LogP contribution in [0.15, 0.2) is 41.5 Å². The van der Waals surface area contributed by atoms with Crippen molar-refractivity contribution in [3.8, 4) is 5.75 Å². The van der Waals surface area contributed by atoms with E-state index in [2.05, 4.69) is 0 Å². The molecule has 2 rings (SSSR count). The van der Waals surface area contributed by atoms with Crippen LogP contribution in [-0.2, 0) is 13.1 Å². The molecule has 0 aliphatic rings. The summed E-state index contributed by atoms with van der Waals surface area (Å²) in [6.07, 6.45) is 4.43. The third-order valence-corrected chi connectivity index (χ3v) is 3.14. The Morgan fingerprint density at radius 2 is 1.90 bits per heavy atom. The molecule has 0 fully saturated rings. The molecule has 0 radical (unpaired) electrons. The molecule has 0 atom stereocenters. The van der Waals surface area contributed by atoms with Crippen LogP contribution in [-0.4, -0.2) is 32.9 Å². The highest BCUT2D eigenvalue weighted by Gasteiger charge is 2.11. The second-order valence-corrected chi connectivity index (χ2v) is 4.76. The molecule has 21 heavy (non-hydrogen) atoms.